The minimum absolute atomic E-state index is 0.00496. The summed E-state index contributed by atoms with van der Waals surface area (Å²) < 4.78 is 9.02. The van der Waals surface area contributed by atoms with Gasteiger partial charge in [0.15, 0.2) is 11.3 Å². The molecule has 34 heavy (non-hydrogen) atoms. The van der Waals surface area contributed by atoms with Crippen LogP contribution >= 0.6 is 0 Å². The molecule has 0 atom stereocenters. The number of anilines is 1. The zero-order valence-corrected chi connectivity index (χ0v) is 19.3. The average molecular weight is 461 g/mol. The van der Waals surface area contributed by atoms with Gasteiger partial charge in [0.05, 0.1) is 12.3 Å². The van der Waals surface area contributed by atoms with E-state index in [9.17, 15) is 9.90 Å². The molecule has 0 spiro atoms. The van der Waals surface area contributed by atoms with Crippen molar-refractivity contribution in [3.8, 4) is 22.8 Å². The van der Waals surface area contributed by atoms with Crippen LogP contribution in [-0.4, -0.2) is 25.4 Å². The lowest BCUT2D eigenvalue weighted by Crippen LogP contribution is -2.25. The SMILES string of the molecule is CC(C)Cn1c(O)c(NOC2CC2)c(=O)n2ncc(-c3cccc(OCc4ccccc4)c3)c12. The molecule has 4 aromatic rings. The highest BCUT2D eigenvalue weighted by atomic mass is 16.7. The first kappa shape index (κ1) is 22.0. The first-order valence-electron chi connectivity index (χ1n) is 11.5. The Morgan fingerprint density at radius 3 is 2.68 bits per heavy atom. The molecule has 8 nitrogen and oxygen atoms in total. The van der Waals surface area contributed by atoms with E-state index in [4.69, 9.17) is 9.57 Å². The minimum Gasteiger partial charge on any atom is -0.493 e. The number of nitrogens with zero attached hydrogens (tertiary/aromatic N) is 3. The van der Waals surface area contributed by atoms with Gasteiger partial charge >= 0.3 is 5.56 Å². The number of ether oxygens (including phenoxy) is 1. The molecule has 176 valence electrons. The lowest BCUT2D eigenvalue weighted by molar-refractivity contribution is 0.176. The van der Waals surface area contributed by atoms with E-state index in [2.05, 4.69) is 24.4 Å². The number of nitrogens with one attached hydrogen (secondary N) is 1. The molecule has 0 radical (unpaired) electrons. The van der Waals surface area contributed by atoms with Crippen molar-refractivity contribution in [1.82, 2.24) is 14.2 Å². The van der Waals surface area contributed by atoms with Gasteiger partial charge in [-0.2, -0.15) is 9.61 Å². The van der Waals surface area contributed by atoms with Crippen molar-refractivity contribution >= 4 is 11.3 Å². The molecule has 1 saturated carbocycles. The van der Waals surface area contributed by atoms with Crippen molar-refractivity contribution in [3.63, 3.8) is 0 Å². The maximum Gasteiger partial charge on any atom is 0.304 e. The van der Waals surface area contributed by atoms with Gasteiger partial charge in [-0.15, -0.1) is 0 Å². The smallest absolute Gasteiger partial charge is 0.304 e. The highest BCUT2D eigenvalue weighted by Crippen LogP contribution is 2.32. The topological polar surface area (TPSA) is 90.0 Å². The van der Waals surface area contributed by atoms with Crippen LogP contribution in [0.2, 0.25) is 0 Å². The van der Waals surface area contributed by atoms with Crippen LogP contribution in [0.4, 0.5) is 5.69 Å². The second-order valence-electron chi connectivity index (χ2n) is 9.02. The van der Waals surface area contributed by atoms with Crippen molar-refractivity contribution in [2.75, 3.05) is 5.48 Å². The Hall–Kier alpha value is -3.78. The molecular formula is C26H28N4O4. The summed E-state index contributed by atoms with van der Waals surface area (Å²) >= 11 is 0. The first-order chi connectivity index (χ1) is 16.5. The van der Waals surface area contributed by atoms with Crippen LogP contribution in [0.5, 0.6) is 11.6 Å². The largest absolute Gasteiger partial charge is 0.493 e. The molecule has 2 aromatic carbocycles. The molecule has 1 aliphatic rings. The van der Waals surface area contributed by atoms with E-state index in [1.165, 1.54) is 4.52 Å². The van der Waals surface area contributed by atoms with Gasteiger partial charge in [0, 0.05) is 12.1 Å². The number of hydrogen-bond acceptors (Lipinski definition) is 6. The van der Waals surface area contributed by atoms with Crippen LogP contribution in [0.3, 0.4) is 0 Å². The Bertz CT molecular complexity index is 1360. The third-order valence-electron chi connectivity index (χ3n) is 5.68. The van der Waals surface area contributed by atoms with Crippen LogP contribution in [0.25, 0.3) is 16.8 Å². The Kier molecular flexibility index (Phi) is 5.98. The fourth-order valence-corrected chi connectivity index (χ4v) is 3.84. The van der Waals surface area contributed by atoms with Crippen molar-refractivity contribution in [3.05, 3.63) is 76.7 Å². The van der Waals surface area contributed by atoms with Gasteiger partial charge in [-0.3, -0.25) is 19.7 Å². The Balaban J connectivity index is 1.54. The average Bonchev–Trinajstić information content (AvgIpc) is 3.56. The van der Waals surface area contributed by atoms with Crippen LogP contribution in [-0.2, 0) is 18.0 Å². The minimum atomic E-state index is -0.462. The first-order valence-corrected chi connectivity index (χ1v) is 11.5. The van der Waals surface area contributed by atoms with Gasteiger partial charge in [0.1, 0.15) is 12.4 Å². The second-order valence-corrected chi connectivity index (χ2v) is 9.02. The molecule has 0 amide bonds. The van der Waals surface area contributed by atoms with Crippen LogP contribution in [0.15, 0.2) is 65.6 Å². The normalized spacial score (nSPS) is 13.5. The number of rotatable bonds is 9. The zero-order chi connectivity index (χ0) is 23.7. The maximum absolute atomic E-state index is 13.2. The highest BCUT2D eigenvalue weighted by molar-refractivity contribution is 5.79. The summed E-state index contributed by atoms with van der Waals surface area (Å²) in [6.45, 7) is 5.05. The van der Waals surface area contributed by atoms with Crippen LogP contribution in [0.1, 0.15) is 32.3 Å². The molecule has 2 heterocycles. The van der Waals surface area contributed by atoms with Gasteiger partial charge in [0.2, 0.25) is 5.88 Å². The number of hydrogen-bond donors (Lipinski definition) is 2. The van der Waals surface area contributed by atoms with E-state index in [0.717, 1.165) is 29.5 Å². The lowest BCUT2D eigenvalue weighted by atomic mass is 10.1. The van der Waals surface area contributed by atoms with Crippen molar-refractivity contribution in [2.45, 2.75) is 45.9 Å². The van der Waals surface area contributed by atoms with E-state index in [0.29, 0.717) is 24.5 Å². The Morgan fingerprint density at radius 2 is 1.94 bits per heavy atom. The summed E-state index contributed by atoms with van der Waals surface area (Å²) in [5.74, 6) is 0.765. The third-order valence-corrected chi connectivity index (χ3v) is 5.68. The second kappa shape index (κ2) is 9.23. The molecule has 1 aliphatic carbocycles. The number of fused-ring (bicyclic) bond motifs is 1. The molecule has 2 N–H and O–H groups in total. The van der Waals surface area contributed by atoms with E-state index in [-0.39, 0.29) is 23.6 Å². The Labute approximate surface area is 197 Å². The zero-order valence-electron chi connectivity index (χ0n) is 19.3. The monoisotopic (exact) mass is 460 g/mol. The molecule has 2 aromatic heterocycles. The van der Waals surface area contributed by atoms with Crippen molar-refractivity contribution in [1.29, 1.82) is 0 Å². The van der Waals surface area contributed by atoms with Crippen LogP contribution in [0, 0.1) is 5.92 Å². The number of benzene rings is 2. The summed E-state index contributed by atoms with van der Waals surface area (Å²) in [4.78, 5) is 18.7. The summed E-state index contributed by atoms with van der Waals surface area (Å²) in [5.41, 5.74) is 5.38. The molecule has 5 rings (SSSR count). The molecular weight excluding hydrogens is 432 g/mol. The number of aromatic nitrogens is 3. The fourth-order valence-electron chi connectivity index (χ4n) is 3.84. The molecule has 0 aliphatic heterocycles. The summed E-state index contributed by atoms with van der Waals surface area (Å²) in [6, 6.07) is 17.6. The summed E-state index contributed by atoms with van der Waals surface area (Å²) in [7, 11) is 0. The summed E-state index contributed by atoms with van der Waals surface area (Å²) in [5, 5.41) is 15.4. The summed E-state index contributed by atoms with van der Waals surface area (Å²) in [6.07, 6.45) is 3.59. The molecule has 8 heteroatoms. The third kappa shape index (κ3) is 4.49. The van der Waals surface area contributed by atoms with Crippen LogP contribution < -0.4 is 15.8 Å². The molecule has 0 unspecified atom stereocenters. The van der Waals surface area contributed by atoms with Gasteiger partial charge < -0.3 is 9.84 Å². The van der Waals surface area contributed by atoms with Gasteiger partial charge in [-0.05, 0) is 42.0 Å². The predicted molar refractivity (Wildman–Crippen MR) is 130 cm³/mol. The van der Waals surface area contributed by atoms with Gasteiger partial charge in [0.25, 0.3) is 0 Å². The lowest BCUT2D eigenvalue weighted by Gasteiger charge is -2.18. The van der Waals surface area contributed by atoms with E-state index < -0.39 is 5.56 Å². The van der Waals surface area contributed by atoms with E-state index >= 15 is 0 Å². The van der Waals surface area contributed by atoms with Crippen molar-refractivity contribution in [2.24, 2.45) is 5.92 Å². The molecule has 0 saturated heterocycles. The van der Waals surface area contributed by atoms with E-state index in [1.54, 1.807) is 10.8 Å². The van der Waals surface area contributed by atoms with Gasteiger partial charge in [-0.1, -0.05) is 56.3 Å². The Morgan fingerprint density at radius 1 is 1.15 bits per heavy atom. The number of aromatic hydroxyl groups is 1. The molecule has 1 fully saturated rings. The predicted octanol–water partition coefficient (Wildman–Crippen LogP) is 4.61. The van der Waals surface area contributed by atoms with Crippen molar-refractivity contribution < 1.29 is 14.7 Å². The van der Waals surface area contributed by atoms with Gasteiger partial charge in [-0.25, -0.2) is 0 Å². The van der Waals surface area contributed by atoms with E-state index in [1.807, 2.05) is 54.6 Å². The maximum atomic E-state index is 13.2. The highest BCUT2D eigenvalue weighted by Gasteiger charge is 2.26. The molecule has 0 bridgehead atoms. The quantitative estimate of drug-likeness (QED) is 0.355. The standard InChI is InChI=1S/C26H28N4O4/c1-17(2)15-29-24-22(14-27-30(24)26(32)23(25(29)31)28-34-20-11-12-20)19-9-6-10-21(13-19)33-16-18-7-4-3-5-8-18/h3-10,13-14,17,20,28,31H,11-12,15-16H2,1-2H3. The fraction of sp³-hybridized carbons (Fsp3) is 0.308.